The third-order valence-corrected chi connectivity index (χ3v) is 6.46. The maximum absolute atomic E-state index is 13.0. The minimum Gasteiger partial charge on any atom is -0.497 e. The van der Waals surface area contributed by atoms with Crippen molar-refractivity contribution in [3.8, 4) is 5.75 Å². The van der Waals surface area contributed by atoms with Crippen molar-refractivity contribution in [2.45, 2.75) is 45.0 Å². The van der Waals surface area contributed by atoms with E-state index in [2.05, 4.69) is 37.5 Å². The van der Waals surface area contributed by atoms with E-state index < -0.39 is 0 Å². The minimum absolute atomic E-state index is 0.102. The topological polar surface area (TPSA) is 98.2 Å². The maximum Gasteiger partial charge on any atom is 0.252 e. The second kappa shape index (κ2) is 10.8. The molecule has 1 fully saturated rings. The Labute approximate surface area is 203 Å². The summed E-state index contributed by atoms with van der Waals surface area (Å²) in [5.74, 6) is 1.49. The standard InChI is InChI=1S/C26H30N6O3/c1-34-22-10-9-20-14-21(26(33)27-24(20)15-22)16-31(12-11-19-6-3-2-4-7-19)18-25-28-29-30-32(25)17-23-8-5-13-35-23/h2-4,6-7,9-10,14-15,23H,5,8,11-13,16-18H2,1H3,(H,27,33)/t23-/m0/s1. The molecule has 0 spiro atoms. The average molecular weight is 475 g/mol. The second-order valence-corrected chi connectivity index (χ2v) is 8.94. The molecule has 5 rings (SSSR count). The minimum atomic E-state index is -0.102. The van der Waals surface area contributed by atoms with Crippen LogP contribution in [0.15, 0.2) is 59.4 Å². The van der Waals surface area contributed by atoms with Crippen molar-refractivity contribution in [3.05, 3.63) is 81.9 Å². The van der Waals surface area contributed by atoms with Crippen molar-refractivity contribution < 1.29 is 9.47 Å². The van der Waals surface area contributed by atoms with Gasteiger partial charge in [0, 0.05) is 31.3 Å². The summed E-state index contributed by atoms with van der Waals surface area (Å²) in [6.07, 6.45) is 3.10. The molecule has 1 atom stereocenters. The van der Waals surface area contributed by atoms with Crippen molar-refractivity contribution in [2.24, 2.45) is 0 Å². The summed E-state index contributed by atoms with van der Waals surface area (Å²) in [6.45, 7) is 3.22. The third kappa shape index (κ3) is 5.75. The predicted molar refractivity (Wildman–Crippen MR) is 132 cm³/mol. The number of aromatic amines is 1. The Morgan fingerprint density at radius 1 is 1.17 bits per heavy atom. The largest absolute Gasteiger partial charge is 0.497 e. The molecule has 9 heteroatoms. The zero-order valence-electron chi connectivity index (χ0n) is 19.9. The summed E-state index contributed by atoms with van der Waals surface area (Å²) in [5.41, 5.74) is 2.61. The first-order valence-electron chi connectivity index (χ1n) is 12.0. The van der Waals surface area contributed by atoms with Gasteiger partial charge in [0.15, 0.2) is 5.82 Å². The summed E-state index contributed by atoms with van der Waals surface area (Å²) in [7, 11) is 1.62. The molecule has 0 bridgehead atoms. The number of benzene rings is 2. The lowest BCUT2D eigenvalue weighted by molar-refractivity contribution is 0.0916. The molecule has 0 amide bonds. The molecule has 0 unspecified atom stereocenters. The van der Waals surface area contributed by atoms with Crippen LogP contribution in [0.3, 0.4) is 0 Å². The van der Waals surface area contributed by atoms with E-state index in [9.17, 15) is 4.79 Å². The smallest absolute Gasteiger partial charge is 0.252 e. The van der Waals surface area contributed by atoms with E-state index in [1.165, 1.54) is 5.56 Å². The van der Waals surface area contributed by atoms with Gasteiger partial charge in [-0.15, -0.1) is 5.10 Å². The fourth-order valence-electron chi connectivity index (χ4n) is 4.52. The first kappa shape index (κ1) is 23.2. The predicted octanol–water partition coefficient (Wildman–Crippen LogP) is 2.95. The molecule has 1 aliphatic heterocycles. The molecule has 0 radical (unpaired) electrons. The quantitative estimate of drug-likeness (QED) is 0.377. The first-order chi connectivity index (χ1) is 17.2. The van der Waals surface area contributed by atoms with Crippen molar-refractivity contribution in [2.75, 3.05) is 20.3 Å². The van der Waals surface area contributed by atoms with Crippen LogP contribution < -0.4 is 10.3 Å². The van der Waals surface area contributed by atoms with Gasteiger partial charge in [-0.05, 0) is 58.8 Å². The van der Waals surface area contributed by atoms with Crippen LogP contribution in [0.5, 0.6) is 5.75 Å². The van der Waals surface area contributed by atoms with Crippen LogP contribution >= 0.6 is 0 Å². The molecule has 1 saturated heterocycles. The third-order valence-electron chi connectivity index (χ3n) is 6.46. The number of hydrogen-bond donors (Lipinski definition) is 1. The van der Waals surface area contributed by atoms with E-state index in [4.69, 9.17) is 9.47 Å². The van der Waals surface area contributed by atoms with Gasteiger partial charge in [-0.25, -0.2) is 4.68 Å². The number of fused-ring (bicyclic) bond motifs is 1. The van der Waals surface area contributed by atoms with Crippen LogP contribution in [-0.2, 0) is 30.8 Å². The molecular weight excluding hydrogens is 444 g/mol. The number of ether oxygens (including phenoxy) is 2. The molecule has 182 valence electrons. The van der Waals surface area contributed by atoms with Crippen LogP contribution in [0, 0.1) is 0 Å². The van der Waals surface area contributed by atoms with Crippen LogP contribution in [0.4, 0.5) is 0 Å². The van der Waals surface area contributed by atoms with E-state index in [0.717, 1.165) is 49.1 Å². The van der Waals surface area contributed by atoms with Crippen molar-refractivity contribution in [3.63, 3.8) is 0 Å². The van der Waals surface area contributed by atoms with Gasteiger partial charge in [-0.1, -0.05) is 30.3 Å². The SMILES string of the molecule is COc1ccc2cc(CN(CCc3ccccc3)Cc3nnnn3C[C@@H]3CCCO3)c(=O)[nH]c2c1. The summed E-state index contributed by atoms with van der Waals surface area (Å²) in [4.78, 5) is 18.2. The monoisotopic (exact) mass is 474 g/mol. The van der Waals surface area contributed by atoms with Gasteiger partial charge < -0.3 is 14.5 Å². The molecule has 0 saturated carbocycles. The molecule has 4 aromatic rings. The zero-order chi connectivity index (χ0) is 24.0. The Morgan fingerprint density at radius 3 is 2.86 bits per heavy atom. The van der Waals surface area contributed by atoms with Crippen LogP contribution in [0.25, 0.3) is 10.9 Å². The fraction of sp³-hybridized carbons (Fsp3) is 0.385. The second-order valence-electron chi connectivity index (χ2n) is 8.94. The van der Waals surface area contributed by atoms with Crippen molar-refractivity contribution >= 4 is 10.9 Å². The Balaban J connectivity index is 1.38. The molecular formula is C26H30N6O3. The number of aromatic nitrogens is 5. The van der Waals surface area contributed by atoms with Crippen LogP contribution in [0.1, 0.15) is 29.8 Å². The lowest BCUT2D eigenvalue weighted by Gasteiger charge is -2.22. The molecule has 2 aromatic carbocycles. The molecule has 1 aliphatic rings. The summed E-state index contributed by atoms with van der Waals surface area (Å²) in [5, 5.41) is 13.4. The van der Waals surface area contributed by atoms with Crippen LogP contribution in [-0.4, -0.2) is 56.5 Å². The highest BCUT2D eigenvalue weighted by Gasteiger charge is 2.20. The molecule has 3 heterocycles. The number of tetrazole rings is 1. The summed E-state index contributed by atoms with van der Waals surface area (Å²) >= 11 is 0. The molecule has 2 aromatic heterocycles. The molecule has 9 nitrogen and oxygen atoms in total. The van der Waals surface area contributed by atoms with E-state index in [1.54, 1.807) is 7.11 Å². The Morgan fingerprint density at radius 2 is 2.06 bits per heavy atom. The van der Waals surface area contributed by atoms with Crippen molar-refractivity contribution in [1.82, 2.24) is 30.1 Å². The van der Waals surface area contributed by atoms with Gasteiger partial charge in [0.05, 0.1) is 31.8 Å². The van der Waals surface area contributed by atoms with Gasteiger partial charge in [0.2, 0.25) is 0 Å². The van der Waals surface area contributed by atoms with E-state index in [0.29, 0.717) is 30.9 Å². The number of nitrogens with one attached hydrogen (secondary N) is 1. The summed E-state index contributed by atoms with van der Waals surface area (Å²) < 4.78 is 12.9. The lowest BCUT2D eigenvalue weighted by Crippen LogP contribution is -2.30. The fourth-order valence-corrected chi connectivity index (χ4v) is 4.52. The maximum atomic E-state index is 13.0. The van der Waals surface area contributed by atoms with Gasteiger partial charge in [-0.3, -0.25) is 9.69 Å². The normalized spacial score (nSPS) is 15.8. The molecule has 0 aliphatic carbocycles. The molecule has 1 N–H and O–H groups in total. The Kier molecular flexibility index (Phi) is 7.15. The van der Waals surface area contributed by atoms with Gasteiger partial charge in [0.25, 0.3) is 5.56 Å². The average Bonchev–Trinajstić information content (AvgIpc) is 3.56. The highest BCUT2D eigenvalue weighted by atomic mass is 16.5. The van der Waals surface area contributed by atoms with Crippen molar-refractivity contribution in [1.29, 1.82) is 0 Å². The Hall–Kier alpha value is -3.56. The Bertz CT molecular complexity index is 1310. The van der Waals surface area contributed by atoms with E-state index in [-0.39, 0.29) is 11.7 Å². The number of methoxy groups -OCH3 is 1. The zero-order valence-corrected chi connectivity index (χ0v) is 19.9. The summed E-state index contributed by atoms with van der Waals surface area (Å²) in [6, 6.07) is 18.0. The number of pyridine rings is 1. The van der Waals surface area contributed by atoms with E-state index >= 15 is 0 Å². The highest BCUT2D eigenvalue weighted by Crippen LogP contribution is 2.20. The number of hydrogen-bond acceptors (Lipinski definition) is 7. The van der Waals surface area contributed by atoms with E-state index in [1.807, 2.05) is 47.1 Å². The number of H-pyrrole nitrogens is 1. The number of nitrogens with zero attached hydrogens (tertiary/aromatic N) is 5. The van der Waals surface area contributed by atoms with Crippen LogP contribution in [0.2, 0.25) is 0 Å². The first-order valence-corrected chi connectivity index (χ1v) is 12.0. The van der Waals surface area contributed by atoms with Gasteiger partial charge in [-0.2, -0.15) is 0 Å². The van der Waals surface area contributed by atoms with Gasteiger partial charge in [0.1, 0.15) is 5.75 Å². The lowest BCUT2D eigenvalue weighted by atomic mass is 10.1. The highest BCUT2D eigenvalue weighted by molar-refractivity contribution is 5.80. The van der Waals surface area contributed by atoms with Gasteiger partial charge >= 0.3 is 0 Å². The number of rotatable bonds is 10. The molecule has 35 heavy (non-hydrogen) atoms.